The fourth-order valence-electron chi connectivity index (χ4n) is 1.85. The molecule has 9 heteroatoms. The van der Waals surface area contributed by atoms with Gasteiger partial charge < -0.3 is 25.7 Å². The van der Waals surface area contributed by atoms with Crippen molar-refractivity contribution in [2.24, 2.45) is 11.5 Å². The van der Waals surface area contributed by atoms with Gasteiger partial charge in [0.1, 0.15) is 0 Å². The number of carbonyl (C=O) groups is 4. The fourth-order valence-corrected chi connectivity index (χ4v) is 1.85. The highest BCUT2D eigenvalue weighted by molar-refractivity contribution is 5.78. The smallest absolute Gasteiger partial charge is 0.308 e. The summed E-state index contributed by atoms with van der Waals surface area (Å²) in [5, 5.41) is 0. The highest BCUT2D eigenvalue weighted by Gasteiger charge is 2.22. The maximum atomic E-state index is 11.3. The number of primary amides is 1. The van der Waals surface area contributed by atoms with Crippen LogP contribution >= 0.6 is 0 Å². The van der Waals surface area contributed by atoms with Crippen LogP contribution in [0.5, 0.6) is 17.2 Å². The summed E-state index contributed by atoms with van der Waals surface area (Å²) in [6, 6.07) is 1.78. The van der Waals surface area contributed by atoms with Crippen LogP contribution in [0.3, 0.4) is 0 Å². The van der Waals surface area contributed by atoms with Crippen LogP contribution in [-0.2, 0) is 19.2 Å². The summed E-state index contributed by atoms with van der Waals surface area (Å²) in [7, 11) is 0. The second-order valence-corrected chi connectivity index (χ2v) is 4.90. The summed E-state index contributed by atoms with van der Waals surface area (Å²) >= 11 is 0. The molecular formula is C15H18N2O7. The van der Waals surface area contributed by atoms with Crippen molar-refractivity contribution in [2.45, 2.75) is 33.2 Å². The third kappa shape index (κ3) is 5.69. The third-order valence-corrected chi connectivity index (χ3v) is 2.65. The Hall–Kier alpha value is -2.94. The summed E-state index contributed by atoms with van der Waals surface area (Å²) in [6.07, 6.45) is -0.189. The van der Waals surface area contributed by atoms with E-state index in [-0.39, 0.29) is 23.7 Å². The van der Waals surface area contributed by atoms with Gasteiger partial charge in [0.2, 0.25) is 11.7 Å². The topological polar surface area (TPSA) is 148 Å². The summed E-state index contributed by atoms with van der Waals surface area (Å²) in [6.45, 7) is 3.40. The van der Waals surface area contributed by atoms with E-state index in [1.54, 1.807) is 0 Å². The molecular weight excluding hydrogens is 320 g/mol. The van der Waals surface area contributed by atoms with Gasteiger partial charge in [0.25, 0.3) is 0 Å². The first-order valence-electron chi connectivity index (χ1n) is 6.87. The SMILES string of the molecule is CC(=O)Oc1cc(C(N)CC(N)=O)cc(OC(C)=O)c1OC(C)=O. The molecule has 0 aliphatic rings. The number of amides is 1. The Morgan fingerprint density at radius 2 is 1.33 bits per heavy atom. The molecule has 1 unspecified atom stereocenters. The Kier molecular flexibility index (Phi) is 6.42. The van der Waals surface area contributed by atoms with E-state index in [2.05, 4.69) is 0 Å². The normalized spacial score (nSPS) is 11.3. The first kappa shape index (κ1) is 19.1. The van der Waals surface area contributed by atoms with Crippen molar-refractivity contribution in [3.8, 4) is 17.2 Å². The average molecular weight is 338 g/mol. The molecule has 1 atom stereocenters. The van der Waals surface area contributed by atoms with Crippen molar-refractivity contribution < 1.29 is 33.4 Å². The number of benzene rings is 1. The minimum Gasteiger partial charge on any atom is -0.423 e. The molecule has 0 aliphatic carbocycles. The van der Waals surface area contributed by atoms with Gasteiger partial charge in [-0.05, 0) is 17.7 Å². The van der Waals surface area contributed by atoms with Gasteiger partial charge in [-0.1, -0.05) is 0 Å². The lowest BCUT2D eigenvalue weighted by Crippen LogP contribution is -2.21. The molecule has 9 nitrogen and oxygen atoms in total. The Balaban J connectivity index is 3.47. The molecule has 0 radical (unpaired) electrons. The standard InChI is InChI=1S/C15H18N2O7/c1-7(18)22-12-4-10(11(16)6-14(17)21)5-13(23-8(2)19)15(12)24-9(3)20/h4-5,11H,6,16H2,1-3H3,(H2,17,21). The third-order valence-electron chi connectivity index (χ3n) is 2.65. The fraction of sp³-hybridized carbons (Fsp3) is 0.333. The molecule has 0 saturated heterocycles. The molecule has 1 aromatic rings. The lowest BCUT2D eigenvalue weighted by Gasteiger charge is -2.17. The van der Waals surface area contributed by atoms with Gasteiger partial charge in [-0.25, -0.2) is 0 Å². The summed E-state index contributed by atoms with van der Waals surface area (Å²) in [5.74, 6) is -3.35. The van der Waals surface area contributed by atoms with Crippen molar-refractivity contribution in [3.05, 3.63) is 17.7 Å². The number of nitrogens with two attached hydrogens (primary N) is 2. The van der Waals surface area contributed by atoms with E-state index < -0.39 is 29.9 Å². The quantitative estimate of drug-likeness (QED) is 0.557. The Morgan fingerprint density at radius 3 is 1.67 bits per heavy atom. The number of rotatable bonds is 6. The molecule has 130 valence electrons. The largest absolute Gasteiger partial charge is 0.423 e. The highest BCUT2D eigenvalue weighted by Crippen LogP contribution is 2.40. The molecule has 0 fully saturated rings. The van der Waals surface area contributed by atoms with Crippen molar-refractivity contribution in [3.63, 3.8) is 0 Å². The molecule has 0 spiro atoms. The zero-order valence-electron chi connectivity index (χ0n) is 13.5. The van der Waals surface area contributed by atoms with E-state index in [9.17, 15) is 19.2 Å². The molecule has 1 aromatic carbocycles. The molecule has 0 aliphatic heterocycles. The van der Waals surface area contributed by atoms with Gasteiger partial charge in [0.15, 0.2) is 11.5 Å². The van der Waals surface area contributed by atoms with Gasteiger partial charge in [-0.15, -0.1) is 0 Å². The molecule has 0 bridgehead atoms. The van der Waals surface area contributed by atoms with E-state index in [1.165, 1.54) is 12.1 Å². The minimum absolute atomic E-state index is 0.175. The highest BCUT2D eigenvalue weighted by atomic mass is 16.6. The van der Waals surface area contributed by atoms with E-state index >= 15 is 0 Å². The number of hydrogen-bond donors (Lipinski definition) is 2. The van der Waals surface area contributed by atoms with E-state index in [4.69, 9.17) is 25.7 Å². The maximum absolute atomic E-state index is 11.3. The zero-order valence-corrected chi connectivity index (χ0v) is 13.5. The number of hydrogen-bond acceptors (Lipinski definition) is 8. The Morgan fingerprint density at radius 1 is 0.917 bits per heavy atom. The minimum atomic E-state index is -0.836. The van der Waals surface area contributed by atoms with Crippen molar-refractivity contribution in [1.82, 2.24) is 0 Å². The lowest BCUT2D eigenvalue weighted by atomic mass is 10.0. The predicted molar refractivity (Wildman–Crippen MR) is 81.1 cm³/mol. The van der Waals surface area contributed by atoms with Crippen LogP contribution in [0.25, 0.3) is 0 Å². The molecule has 1 amide bonds. The van der Waals surface area contributed by atoms with Crippen LogP contribution in [0.1, 0.15) is 38.8 Å². The second kappa shape index (κ2) is 8.06. The molecule has 4 N–H and O–H groups in total. The van der Waals surface area contributed by atoms with Gasteiger partial charge in [0, 0.05) is 33.2 Å². The molecule has 1 rings (SSSR count). The number of ether oxygens (including phenoxy) is 3. The van der Waals surface area contributed by atoms with E-state index in [1.807, 2.05) is 0 Å². The van der Waals surface area contributed by atoms with E-state index in [0.717, 1.165) is 20.8 Å². The first-order chi connectivity index (χ1) is 11.1. The first-order valence-corrected chi connectivity index (χ1v) is 6.87. The Labute approximate surface area is 137 Å². The van der Waals surface area contributed by atoms with Crippen molar-refractivity contribution in [1.29, 1.82) is 0 Å². The molecule has 24 heavy (non-hydrogen) atoms. The van der Waals surface area contributed by atoms with Crippen LogP contribution < -0.4 is 25.7 Å². The summed E-state index contributed by atoms with van der Waals surface area (Å²) < 4.78 is 14.9. The Bertz CT molecular complexity index is 647. The van der Waals surface area contributed by atoms with Gasteiger partial charge in [0.05, 0.1) is 0 Å². The second-order valence-electron chi connectivity index (χ2n) is 4.90. The monoisotopic (exact) mass is 338 g/mol. The van der Waals surface area contributed by atoms with Crippen LogP contribution in [0, 0.1) is 0 Å². The summed E-state index contributed by atoms with van der Waals surface area (Å²) in [4.78, 5) is 44.8. The van der Waals surface area contributed by atoms with Crippen LogP contribution in [0.15, 0.2) is 12.1 Å². The van der Waals surface area contributed by atoms with Crippen molar-refractivity contribution in [2.75, 3.05) is 0 Å². The number of esters is 3. The lowest BCUT2D eigenvalue weighted by molar-refractivity contribution is -0.135. The van der Waals surface area contributed by atoms with Crippen molar-refractivity contribution >= 4 is 23.8 Å². The van der Waals surface area contributed by atoms with Gasteiger partial charge in [-0.2, -0.15) is 0 Å². The number of carbonyl (C=O) groups excluding carboxylic acids is 4. The molecule has 0 aromatic heterocycles. The maximum Gasteiger partial charge on any atom is 0.308 e. The van der Waals surface area contributed by atoms with Crippen LogP contribution in [0.4, 0.5) is 0 Å². The molecule has 0 heterocycles. The van der Waals surface area contributed by atoms with Crippen LogP contribution in [-0.4, -0.2) is 23.8 Å². The van der Waals surface area contributed by atoms with Gasteiger partial charge >= 0.3 is 17.9 Å². The van der Waals surface area contributed by atoms with Gasteiger partial charge in [-0.3, -0.25) is 19.2 Å². The van der Waals surface area contributed by atoms with E-state index in [0.29, 0.717) is 5.56 Å². The zero-order chi connectivity index (χ0) is 18.4. The van der Waals surface area contributed by atoms with Crippen LogP contribution in [0.2, 0.25) is 0 Å². The predicted octanol–water partition coefficient (Wildman–Crippen LogP) is 0.338. The summed E-state index contributed by atoms with van der Waals surface area (Å²) in [5.41, 5.74) is 11.3. The molecule has 0 saturated carbocycles. The average Bonchev–Trinajstić information content (AvgIpc) is 2.39.